The second-order valence-corrected chi connectivity index (χ2v) is 5.25. The first kappa shape index (κ1) is 12.6. The number of aryl methyl sites for hydroxylation is 3. The zero-order chi connectivity index (χ0) is 13.3. The van der Waals surface area contributed by atoms with Crippen LogP contribution in [0.5, 0.6) is 0 Å². The molecule has 4 nitrogen and oxygen atoms in total. The number of benzene rings is 1. The number of hydrogen-bond acceptors (Lipinski definition) is 4. The summed E-state index contributed by atoms with van der Waals surface area (Å²) in [7, 11) is 0. The van der Waals surface area contributed by atoms with Crippen LogP contribution in [0, 0.1) is 20.8 Å². The summed E-state index contributed by atoms with van der Waals surface area (Å²) in [6, 6.07) is 5.83. The predicted molar refractivity (Wildman–Crippen MR) is 75.1 cm³/mol. The summed E-state index contributed by atoms with van der Waals surface area (Å²) in [5.74, 6) is -0.162. The number of carbonyl (C=O) groups excluding carboxylic acids is 1. The van der Waals surface area contributed by atoms with Crippen molar-refractivity contribution in [2.24, 2.45) is 0 Å². The van der Waals surface area contributed by atoms with Crippen LogP contribution in [0.25, 0.3) is 0 Å². The maximum atomic E-state index is 12.0. The zero-order valence-electron chi connectivity index (χ0n) is 10.6. The van der Waals surface area contributed by atoms with E-state index in [9.17, 15) is 4.79 Å². The molecule has 0 bridgehead atoms. The van der Waals surface area contributed by atoms with E-state index in [1.165, 1.54) is 16.9 Å². The van der Waals surface area contributed by atoms with Gasteiger partial charge >= 0.3 is 0 Å². The van der Waals surface area contributed by atoms with Gasteiger partial charge in [-0.1, -0.05) is 17.4 Å². The van der Waals surface area contributed by atoms with Crippen molar-refractivity contribution in [3.63, 3.8) is 0 Å². The van der Waals surface area contributed by atoms with Gasteiger partial charge in [0.25, 0.3) is 5.91 Å². The molecule has 0 saturated heterocycles. The van der Waals surface area contributed by atoms with E-state index in [2.05, 4.69) is 10.3 Å². The topological polar surface area (TPSA) is 68.0 Å². The van der Waals surface area contributed by atoms with Crippen molar-refractivity contribution >= 4 is 28.1 Å². The molecule has 2 rings (SSSR count). The Morgan fingerprint density at radius 3 is 2.56 bits per heavy atom. The molecule has 0 spiro atoms. The molecule has 0 saturated carbocycles. The highest BCUT2D eigenvalue weighted by atomic mass is 32.1. The number of anilines is 2. The Kier molecular flexibility index (Phi) is 3.34. The number of amides is 1. The molecule has 3 N–H and O–H groups in total. The van der Waals surface area contributed by atoms with Crippen LogP contribution in [0.4, 0.5) is 10.8 Å². The largest absolute Gasteiger partial charge is 0.375 e. The van der Waals surface area contributed by atoms with Crippen molar-refractivity contribution in [3.8, 4) is 0 Å². The SMILES string of the molecule is Cc1ccc(NC(=O)c2sc(N)nc2C)cc1C. The third-order valence-corrected chi connectivity index (χ3v) is 3.77. The fourth-order valence-corrected chi connectivity index (χ4v) is 2.36. The average molecular weight is 261 g/mol. The van der Waals surface area contributed by atoms with Gasteiger partial charge in [-0.15, -0.1) is 0 Å². The highest BCUT2D eigenvalue weighted by molar-refractivity contribution is 7.17. The Morgan fingerprint density at radius 2 is 2.00 bits per heavy atom. The van der Waals surface area contributed by atoms with Crippen molar-refractivity contribution in [1.82, 2.24) is 4.98 Å². The van der Waals surface area contributed by atoms with Crippen molar-refractivity contribution < 1.29 is 4.79 Å². The smallest absolute Gasteiger partial charge is 0.267 e. The Bertz CT molecular complexity index is 604. The Labute approximate surface area is 110 Å². The normalized spacial score (nSPS) is 10.4. The molecule has 0 fully saturated rings. The number of rotatable bonds is 2. The fourth-order valence-electron chi connectivity index (χ4n) is 1.63. The van der Waals surface area contributed by atoms with E-state index < -0.39 is 0 Å². The van der Waals surface area contributed by atoms with Gasteiger partial charge in [0.15, 0.2) is 5.13 Å². The standard InChI is InChI=1S/C13H15N3OS/c1-7-4-5-10(6-8(7)2)16-12(17)11-9(3)15-13(14)18-11/h4-6H,1-3H3,(H2,14,15)(H,16,17). The third kappa shape index (κ3) is 2.51. The molecule has 1 aromatic heterocycles. The molecule has 0 unspecified atom stereocenters. The summed E-state index contributed by atoms with van der Waals surface area (Å²) in [4.78, 5) is 16.6. The molecule has 0 aliphatic carbocycles. The molecule has 94 valence electrons. The molecule has 1 aromatic carbocycles. The van der Waals surface area contributed by atoms with Gasteiger partial charge < -0.3 is 11.1 Å². The van der Waals surface area contributed by atoms with E-state index in [1.54, 1.807) is 6.92 Å². The molecule has 0 radical (unpaired) electrons. The lowest BCUT2D eigenvalue weighted by molar-refractivity contribution is 0.103. The van der Waals surface area contributed by atoms with Gasteiger partial charge in [0.05, 0.1) is 5.69 Å². The molecule has 1 heterocycles. The number of nitrogen functional groups attached to an aromatic ring is 1. The summed E-state index contributed by atoms with van der Waals surface area (Å²) in [6.45, 7) is 5.83. The second-order valence-electron chi connectivity index (χ2n) is 4.22. The Morgan fingerprint density at radius 1 is 1.28 bits per heavy atom. The molecule has 0 aliphatic rings. The lowest BCUT2D eigenvalue weighted by Crippen LogP contribution is -2.11. The van der Waals surface area contributed by atoms with Crippen LogP contribution < -0.4 is 11.1 Å². The first-order chi connectivity index (χ1) is 8.47. The van der Waals surface area contributed by atoms with E-state index in [0.717, 1.165) is 11.3 Å². The quantitative estimate of drug-likeness (QED) is 0.873. The Hall–Kier alpha value is -1.88. The van der Waals surface area contributed by atoms with Gasteiger partial charge in [0.2, 0.25) is 0 Å². The van der Waals surface area contributed by atoms with Gasteiger partial charge in [-0.05, 0) is 44.0 Å². The molecular weight excluding hydrogens is 246 g/mol. The summed E-state index contributed by atoms with van der Waals surface area (Å²) in [5, 5.41) is 3.27. The first-order valence-corrected chi connectivity index (χ1v) is 6.40. The van der Waals surface area contributed by atoms with Gasteiger partial charge in [-0.3, -0.25) is 4.79 Å². The van der Waals surface area contributed by atoms with Crippen LogP contribution >= 0.6 is 11.3 Å². The number of nitrogens with two attached hydrogens (primary N) is 1. The molecule has 2 aromatic rings. The molecule has 0 atom stereocenters. The predicted octanol–water partition coefficient (Wildman–Crippen LogP) is 2.90. The number of thiazole rings is 1. The maximum absolute atomic E-state index is 12.0. The summed E-state index contributed by atoms with van der Waals surface area (Å²) >= 11 is 1.20. The monoisotopic (exact) mass is 261 g/mol. The number of carbonyl (C=O) groups is 1. The lowest BCUT2D eigenvalue weighted by atomic mass is 10.1. The molecular formula is C13H15N3OS. The average Bonchev–Trinajstić information content (AvgIpc) is 2.63. The van der Waals surface area contributed by atoms with Crippen LogP contribution in [0.15, 0.2) is 18.2 Å². The van der Waals surface area contributed by atoms with Crippen LogP contribution in [-0.2, 0) is 0 Å². The van der Waals surface area contributed by atoms with Gasteiger partial charge in [0.1, 0.15) is 4.88 Å². The van der Waals surface area contributed by atoms with Gasteiger partial charge in [-0.25, -0.2) is 4.98 Å². The second kappa shape index (κ2) is 4.78. The number of hydrogen-bond donors (Lipinski definition) is 2. The van der Waals surface area contributed by atoms with E-state index in [-0.39, 0.29) is 5.91 Å². The van der Waals surface area contributed by atoms with E-state index >= 15 is 0 Å². The van der Waals surface area contributed by atoms with Gasteiger partial charge in [-0.2, -0.15) is 0 Å². The number of nitrogens with zero attached hydrogens (tertiary/aromatic N) is 1. The maximum Gasteiger partial charge on any atom is 0.267 e. The van der Waals surface area contributed by atoms with Crippen molar-refractivity contribution in [2.45, 2.75) is 20.8 Å². The highest BCUT2D eigenvalue weighted by Crippen LogP contribution is 2.22. The van der Waals surface area contributed by atoms with Crippen molar-refractivity contribution in [3.05, 3.63) is 39.9 Å². The van der Waals surface area contributed by atoms with E-state index in [0.29, 0.717) is 15.7 Å². The fraction of sp³-hybridized carbons (Fsp3) is 0.231. The van der Waals surface area contributed by atoms with Crippen molar-refractivity contribution in [1.29, 1.82) is 0 Å². The van der Waals surface area contributed by atoms with E-state index in [4.69, 9.17) is 5.73 Å². The summed E-state index contributed by atoms with van der Waals surface area (Å²) in [6.07, 6.45) is 0. The summed E-state index contributed by atoms with van der Waals surface area (Å²) < 4.78 is 0. The zero-order valence-corrected chi connectivity index (χ0v) is 11.4. The van der Waals surface area contributed by atoms with Crippen molar-refractivity contribution in [2.75, 3.05) is 11.1 Å². The molecule has 18 heavy (non-hydrogen) atoms. The minimum atomic E-state index is -0.162. The van der Waals surface area contributed by atoms with Crippen LogP contribution in [0.1, 0.15) is 26.5 Å². The minimum Gasteiger partial charge on any atom is -0.375 e. The lowest BCUT2D eigenvalue weighted by Gasteiger charge is -2.06. The molecule has 5 heteroatoms. The highest BCUT2D eigenvalue weighted by Gasteiger charge is 2.14. The first-order valence-electron chi connectivity index (χ1n) is 5.59. The molecule has 1 amide bonds. The van der Waals surface area contributed by atoms with E-state index in [1.807, 2.05) is 32.0 Å². The minimum absolute atomic E-state index is 0.162. The summed E-state index contributed by atoms with van der Waals surface area (Å²) in [5.41, 5.74) is 9.38. The Balaban J connectivity index is 2.21. The van der Waals surface area contributed by atoms with Crippen LogP contribution in [0.3, 0.4) is 0 Å². The number of nitrogens with one attached hydrogen (secondary N) is 1. The van der Waals surface area contributed by atoms with Crippen LogP contribution in [-0.4, -0.2) is 10.9 Å². The molecule has 0 aliphatic heterocycles. The number of aromatic nitrogens is 1. The van der Waals surface area contributed by atoms with Crippen LogP contribution in [0.2, 0.25) is 0 Å². The van der Waals surface area contributed by atoms with Gasteiger partial charge in [0, 0.05) is 5.69 Å². The third-order valence-electron chi connectivity index (χ3n) is 2.78.